The summed E-state index contributed by atoms with van der Waals surface area (Å²) in [6, 6.07) is 6.93. The normalized spacial score (nSPS) is 10.2. The van der Waals surface area contributed by atoms with Gasteiger partial charge in [0.25, 0.3) is 0 Å². The highest BCUT2D eigenvalue weighted by molar-refractivity contribution is 5.59. The van der Waals surface area contributed by atoms with Crippen LogP contribution in [0.2, 0.25) is 0 Å². The lowest BCUT2D eigenvalue weighted by atomic mass is 10.1. The molecule has 2 aromatic rings. The van der Waals surface area contributed by atoms with Gasteiger partial charge in [0.2, 0.25) is 0 Å². The fraction of sp³-hybridized carbons (Fsp3) is 0.167. The largest absolute Gasteiger partial charge is 0.467 e. The van der Waals surface area contributed by atoms with Gasteiger partial charge in [0, 0.05) is 11.8 Å². The van der Waals surface area contributed by atoms with Crippen LogP contribution in [0.1, 0.15) is 5.56 Å². The number of benzene rings is 1. The van der Waals surface area contributed by atoms with E-state index in [1.165, 1.54) is 13.2 Å². The lowest BCUT2D eigenvalue weighted by Gasteiger charge is -2.04. The van der Waals surface area contributed by atoms with Gasteiger partial charge >= 0.3 is 6.01 Å². The maximum atomic E-state index is 13.1. The molecule has 3 nitrogen and oxygen atoms in total. The second kappa shape index (κ2) is 4.26. The molecular formula is C12H11FN2O. The van der Waals surface area contributed by atoms with Crippen LogP contribution in [0, 0.1) is 12.7 Å². The first-order chi connectivity index (χ1) is 7.70. The summed E-state index contributed by atoms with van der Waals surface area (Å²) in [4.78, 5) is 8.09. The fourth-order valence-corrected chi connectivity index (χ4v) is 1.40. The molecule has 82 valence electrons. The SMILES string of the molecule is COc1nccc(-c2ccc(F)c(C)c2)n1. The smallest absolute Gasteiger partial charge is 0.316 e. The van der Waals surface area contributed by atoms with Crippen LogP contribution < -0.4 is 4.74 Å². The molecule has 0 unspecified atom stereocenters. The van der Waals surface area contributed by atoms with Crippen molar-refractivity contribution in [3.8, 4) is 17.3 Å². The van der Waals surface area contributed by atoms with Crippen molar-refractivity contribution in [3.05, 3.63) is 41.8 Å². The standard InChI is InChI=1S/C12H11FN2O/c1-8-7-9(3-4-10(8)13)11-5-6-14-12(15-11)16-2/h3-7H,1-2H3. The Kier molecular flexibility index (Phi) is 2.81. The zero-order valence-electron chi connectivity index (χ0n) is 9.07. The number of hydrogen-bond acceptors (Lipinski definition) is 3. The third-order valence-electron chi connectivity index (χ3n) is 2.27. The Labute approximate surface area is 92.9 Å². The van der Waals surface area contributed by atoms with Gasteiger partial charge in [0.1, 0.15) is 5.82 Å². The number of aromatic nitrogens is 2. The Morgan fingerprint density at radius 3 is 2.75 bits per heavy atom. The summed E-state index contributed by atoms with van der Waals surface area (Å²) < 4.78 is 18.0. The maximum Gasteiger partial charge on any atom is 0.316 e. The molecule has 0 fully saturated rings. The van der Waals surface area contributed by atoms with Gasteiger partial charge in [-0.1, -0.05) is 0 Å². The van der Waals surface area contributed by atoms with E-state index < -0.39 is 0 Å². The second-order valence-electron chi connectivity index (χ2n) is 3.39. The predicted molar refractivity (Wildman–Crippen MR) is 58.7 cm³/mol. The minimum absolute atomic E-state index is 0.218. The van der Waals surface area contributed by atoms with Crippen molar-refractivity contribution in [2.45, 2.75) is 6.92 Å². The predicted octanol–water partition coefficient (Wildman–Crippen LogP) is 2.60. The quantitative estimate of drug-likeness (QED) is 0.777. The van der Waals surface area contributed by atoms with Crippen molar-refractivity contribution in [1.29, 1.82) is 0 Å². The van der Waals surface area contributed by atoms with E-state index in [4.69, 9.17) is 4.74 Å². The molecular weight excluding hydrogens is 207 g/mol. The molecule has 16 heavy (non-hydrogen) atoms. The van der Waals surface area contributed by atoms with Crippen molar-refractivity contribution in [2.24, 2.45) is 0 Å². The molecule has 0 aliphatic carbocycles. The molecule has 1 heterocycles. The molecule has 4 heteroatoms. The fourth-order valence-electron chi connectivity index (χ4n) is 1.40. The Morgan fingerprint density at radius 1 is 1.25 bits per heavy atom. The molecule has 0 aliphatic heterocycles. The summed E-state index contributed by atoms with van der Waals surface area (Å²) in [5.41, 5.74) is 2.16. The highest BCUT2D eigenvalue weighted by atomic mass is 19.1. The van der Waals surface area contributed by atoms with Crippen molar-refractivity contribution in [2.75, 3.05) is 7.11 Å². The summed E-state index contributed by atoms with van der Waals surface area (Å²) in [5, 5.41) is 0. The van der Waals surface area contributed by atoms with Gasteiger partial charge in [-0.25, -0.2) is 9.37 Å². The first-order valence-corrected chi connectivity index (χ1v) is 4.84. The Morgan fingerprint density at radius 2 is 2.06 bits per heavy atom. The first-order valence-electron chi connectivity index (χ1n) is 4.84. The minimum atomic E-state index is -0.218. The Hall–Kier alpha value is -1.97. The average molecular weight is 218 g/mol. The summed E-state index contributed by atoms with van der Waals surface area (Å²) in [5.74, 6) is -0.218. The van der Waals surface area contributed by atoms with Crippen molar-refractivity contribution in [3.63, 3.8) is 0 Å². The van der Waals surface area contributed by atoms with Crippen LogP contribution in [-0.4, -0.2) is 17.1 Å². The topological polar surface area (TPSA) is 35.0 Å². The number of methoxy groups -OCH3 is 1. The van der Waals surface area contributed by atoms with Gasteiger partial charge < -0.3 is 4.74 Å². The van der Waals surface area contributed by atoms with Gasteiger partial charge in [-0.05, 0) is 36.8 Å². The molecule has 0 amide bonds. The van der Waals surface area contributed by atoms with E-state index in [2.05, 4.69) is 9.97 Å². The molecule has 0 atom stereocenters. The van der Waals surface area contributed by atoms with Gasteiger partial charge in [-0.3, -0.25) is 0 Å². The number of rotatable bonds is 2. The van der Waals surface area contributed by atoms with Gasteiger partial charge in [0.15, 0.2) is 0 Å². The molecule has 2 rings (SSSR count). The van der Waals surface area contributed by atoms with E-state index in [9.17, 15) is 4.39 Å². The number of hydrogen-bond donors (Lipinski definition) is 0. The van der Waals surface area contributed by atoms with E-state index >= 15 is 0 Å². The molecule has 0 saturated heterocycles. The first kappa shape index (κ1) is 10.5. The number of aryl methyl sites for hydroxylation is 1. The highest BCUT2D eigenvalue weighted by Crippen LogP contribution is 2.20. The van der Waals surface area contributed by atoms with Crippen LogP contribution in [0.4, 0.5) is 4.39 Å². The van der Waals surface area contributed by atoms with Gasteiger partial charge in [-0.2, -0.15) is 4.98 Å². The summed E-state index contributed by atoms with van der Waals surface area (Å²) in [6.07, 6.45) is 1.61. The number of ether oxygens (including phenoxy) is 1. The molecule has 0 radical (unpaired) electrons. The third-order valence-corrected chi connectivity index (χ3v) is 2.27. The minimum Gasteiger partial charge on any atom is -0.467 e. The van der Waals surface area contributed by atoms with Crippen molar-refractivity contribution >= 4 is 0 Å². The molecule has 0 saturated carbocycles. The molecule has 0 spiro atoms. The van der Waals surface area contributed by atoms with Crippen LogP contribution in [0.3, 0.4) is 0 Å². The maximum absolute atomic E-state index is 13.1. The third kappa shape index (κ3) is 2.00. The van der Waals surface area contributed by atoms with Crippen molar-refractivity contribution in [1.82, 2.24) is 9.97 Å². The monoisotopic (exact) mass is 218 g/mol. The molecule has 1 aromatic heterocycles. The highest BCUT2D eigenvalue weighted by Gasteiger charge is 2.04. The van der Waals surface area contributed by atoms with Crippen LogP contribution in [0.5, 0.6) is 6.01 Å². The van der Waals surface area contributed by atoms with Gasteiger partial charge in [-0.15, -0.1) is 0 Å². The van der Waals surface area contributed by atoms with E-state index in [1.54, 1.807) is 31.3 Å². The molecule has 0 N–H and O–H groups in total. The van der Waals surface area contributed by atoms with E-state index in [-0.39, 0.29) is 5.82 Å². The zero-order valence-corrected chi connectivity index (χ0v) is 9.07. The second-order valence-corrected chi connectivity index (χ2v) is 3.39. The summed E-state index contributed by atoms with van der Waals surface area (Å²) in [7, 11) is 1.51. The van der Waals surface area contributed by atoms with Crippen LogP contribution in [-0.2, 0) is 0 Å². The van der Waals surface area contributed by atoms with Crippen LogP contribution >= 0.6 is 0 Å². The van der Waals surface area contributed by atoms with E-state index in [0.29, 0.717) is 11.6 Å². The molecule has 0 bridgehead atoms. The summed E-state index contributed by atoms with van der Waals surface area (Å²) >= 11 is 0. The number of halogens is 1. The Balaban J connectivity index is 2.46. The van der Waals surface area contributed by atoms with Gasteiger partial charge in [0.05, 0.1) is 12.8 Å². The molecule has 1 aromatic carbocycles. The molecule has 0 aliphatic rings. The lowest BCUT2D eigenvalue weighted by molar-refractivity contribution is 0.380. The average Bonchev–Trinajstić information content (AvgIpc) is 2.33. The van der Waals surface area contributed by atoms with Crippen molar-refractivity contribution < 1.29 is 9.13 Å². The van der Waals surface area contributed by atoms with E-state index in [1.807, 2.05) is 0 Å². The number of nitrogens with zero attached hydrogens (tertiary/aromatic N) is 2. The Bertz CT molecular complexity index is 514. The zero-order chi connectivity index (χ0) is 11.5. The van der Waals surface area contributed by atoms with E-state index in [0.717, 1.165) is 11.3 Å². The summed E-state index contributed by atoms with van der Waals surface area (Å²) in [6.45, 7) is 1.72. The lowest BCUT2D eigenvalue weighted by Crippen LogP contribution is -1.93. The van der Waals surface area contributed by atoms with Crippen LogP contribution in [0.25, 0.3) is 11.3 Å². The van der Waals surface area contributed by atoms with Crippen LogP contribution in [0.15, 0.2) is 30.5 Å².